The first-order chi connectivity index (χ1) is 8.83. The number of hydrogen-bond donors (Lipinski definition) is 2. The zero-order valence-electron chi connectivity index (χ0n) is 9.69. The molecule has 1 aliphatic heterocycles. The summed E-state index contributed by atoms with van der Waals surface area (Å²) in [5, 5.41) is 7.25. The molecule has 0 radical (unpaired) electrons. The molecular formula is C9H13N9. The molecule has 0 amide bonds. The Hall–Kier alpha value is -2.29. The summed E-state index contributed by atoms with van der Waals surface area (Å²) >= 11 is 0. The van der Waals surface area contributed by atoms with E-state index in [0.717, 1.165) is 26.2 Å². The summed E-state index contributed by atoms with van der Waals surface area (Å²) in [5.41, 5.74) is 5.71. The maximum Gasteiger partial charge on any atom is 0.258 e. The molecule has 1 aliphatic rings. The summed E-state index contributed by atoms with van der Waals surface area (Å²) in [5.74, 6) is 1.15. The Kier molecular flexibility index (Phi) is 2.73. The molecule has 94 valence electrons. The third-order valence-corrected chi connectivity index (χ3v) is 2.65. The van der Waals surface area contributed by atoms with E-state index in [1.807, 2.05) is 0 Å². The summed E-state index contributed by atoms with van der Waals surface area (Å²) in [6.45, 7) is 3.51. The van der Waals surface area contributed by atoms with Crippen LogP contribution in [0.4, 0.5) is 11.9 Å². The van der Waals surface area contributed by atoms with E-state index in [0.29, 0.717) is 11.9 Å². The minimum atomic E-state index is 0.184. The Morgan fingerprint density at radius 3 is 2.61 bits per heavy atom. The SMILES string of the molecule is Nc1nc(N2CCNCC2)nc(-n2cncn2)n1. The van der Waals surface area contributed by atoms with Gasteiger partial charge in [-0.3, -0.25) is 0 Å². The van der Waals surface area contributed by atoms with Gasteiger partial charge in [0.1, 0.15) is 12.7 Å². The fourth-order valence-corrected chi connectivity index (χ4v) is 1.79. The first-order valence-corrected chi connectivity index (χ1v) is 5.65. The van der Waals surface area contributed by atoms with Crippen molar-refractivity contribution in [2.24, 2.45) is 0 Å². The van der Waals surface area contributed by atoms with Crippen molar-refractivity contribution in [1.29, 1.82) is 0 Å². The van der Waals surface area contributed by atoms with Crippen LogP contribution in [0.15, 0.2) is 12.7 Å². The number of aromatic nitrogens is 6. The fourth-order valence-electron chi connectivity index (χ4n) is 1.79. The van der Waals surface area contributed by atoms with E-state index in [1.165, 1.54) is 17.3 Å². The normalized spacial score (nSPS) is 15.9. The van der Waals surface area contributed by atoms with Crippen LogP contribution in [-0.2, 0) is 0 Å². The number of rotatable bonds is 2. The molecule has 0 bridgehead atoms. The summed E-state index contributed by atoms with van der Waals surface area (Å²) in [6.07, 6.45) is 2.95. The smallest absolute Gasteiger partial charge is 0.258 e. The molecule has 3 heterocycles. The van der Waals surface area contributed by atoms with Crippen molar-refractivity contribution >= 4 is 11.9 Å². The van der Waals surface area contributed by atoms with E-state index in [-0.39, 0.29) is 5.95 Å². The molecule has 0 spiro atoms. The third-order valence-electron chi connectivity index (χ3n) is 2.65. The van der Waals surface area contributed by atoms with Crippen LogP contribution in [0.1, 0.15) is 0 Å². The van der Waals surface area contributed by atoms with Gasteiger partial charge in [-0.15, -0.1) is 0 Å². The number of nitrogen functional groups attached to an aromatic ring is 1. The number of nitrogens with two attached hydrogens (primary N) is 1. The molecule has 0 aliphatic carbocycles. The zero-order valence-corrected chi connectivity index (χ0v) is 9.69. The minimum Gasteiger partial charge on any atom is -0.368 e. The highest BCUT2D eigenvalue weighted by atomic mass is 15.4. The Balaban J connectivity index is 1.95. The quantitative estimate of drug-likeness (QED) is 0.655. The van der Waals surface area contributed by atoms with Gasteiger partial charge < -0.3 is 16.0 Å². The van der Waals surface area contributed by atoms with Crippen molar-refractivity contribution in [2.75, 3.05) is 36.8 Å². The molecule has 2 aromatic heterocycles. The lowest BCUT2D eigenvalue weighted by Gasteiger charge is -2.27. The molecule has 3 rings (SSSR count). The first-order valence-electron chi connectivity index (χ1n) is 5.65. The summed E-state index contributed by atoms with van der Waals surface area (Å²) < 4.78 is 1.46. The largest absolute Gasteiger partial charge is 0.368 e. The number of nitrogens with zero attached hydrogens (tertiary/aromatic N) is 7. The second kappa shape index (κ2) is 4.53. The molecule has 0 atom stereocenters. The summed E-state index contributed by atoms with van der Waals surface area (Å²) in [4.78, 5) is 18.5. The van der Waals surface area contributed by atoms with Gasteiger partial charge in [-0.05, 0) is 0 Å². The van der Waals surface area contributed by atoms with Gasteiger partial charge in [0.05, 0.1) is 0 Å². The van der Waals surface area contributed by atoms with Gasteiger partial charge in [-0.2, -0.15) is 24.7 Å². The lowest BCUT2D eigenvalue weighted by atomic mass is 10.4. The number of anilines is 2. The predicted molar refractivity (Wildman–Crippen MR) is 64.2 cm³/mol. The minimum absolute atomic E-state index is 0.184. The molecule has 3 N–H and O–H groups in total. The monoisotopic (exact) mass is 247 g/mol. The summed E-state index contributed by atoms with van der Waals surface area (Å²) in [6, 6.07) is 0. The lowest BCUT2D eigenvalue weighted by Crippen LogP contribution is -2.44. The van der Waals surface area contributed by atoms with Crippen molar-refractivity contribution in [3.05, 3.63) is 12.7 Å². The molecule has 0 aromatic carbocycles. The average molecular weight is 247 g/mol. The second-order valence-corrected chi connectivity index (χ2v) is 3.87. The maximum absolute atomic E-state index is 5.71. The van der Waals surface area contributed by atoms with Gasteiger partial charge in [0, 0.05) is 26.2 Å². The van der Waals surface area contributed by atoms with Crippen LogP contribution in [0.5, 0.6) is 0 Å². The van der Waals surface area contributed by atoms with E-state index in [4.69, 9.17) is 5.73 Å². The van der Waals surface area contributed by atoms with Crippen LogP contribution in [-0.4, -0.2) is 55.9 Å². The second-order valence-electron chi connectivity index (χ2n) is 3.87. The van der Waals surface area contributed by atoms with Gasteiger partial charge in [-0.1, -0.05) is 0 Å². The number of nitrogens with one attached hydrogen (secondary N) is 1. The molecule has 0 unspecified atom stereocenters. The van der Waals surface area contributed by atoms with Gasteiger partial charge in [-0.25, -0.2) is 4.98 Å². The highest BCUT2D eigenvalue weighted by Crippen LogP contribution is 2.11. The van der Waals surface area contributed by atoms with E-state index in [2.05, 4.69) is 35.3 Å². The molecule has 2 aromatic rings. The van der Waals surface area contributed by atoms with Gasteiger partial charge in [0.15, 0.2) is 0 Å². The Morgan fingerprint density at radius 1 is 1.11 bits per heavy atom. The van der Waals surface area contributed by atoms with Gasteiger partial charge in [0.2, 0.25) is 11.9 Å². The molecular weight excluding hydrogens is 234 g/mol. The van der Waals surface area contributed by atoms with Gasteiger partial charge >= 0.3 is 0 Å². The topological polar surface area (TPSA) is 111 Å². The molecule has 18 heavy (non-hydrogen) atoms. The lowest BCUT2D eigenvalue weighted by molar-refractivity contribution is 0.578. The summed E-state index contributed by atoms with van der Waals surface area (Å²) in [7, 11) is 0. The van der Waals surface area contributed by atoms with E-state index in [9.17, 15) is 0 Å². The molecule has 1 saturated heterocycles. The average Bonchev–Trinajstić information content (AvgIpc) is 2.93. The van der Waals surface area contributed by atoms with E-state index >= 15 is 0 Å². The molecule has 1 fully saturated rings. The first kappa shape index (κ1) is 10.8. The van der Waals surface area contributed by atoms with Crippen LogP contribution in [0.2, 0.25) is 0 Å². The van der Waals surface area contributed by atoms with Gasteiger partial charge in [0.25, 0.3) is 5.95 Å². The predicted octanol–water partition coefficient (Wildman–Crippen LogP) is -1.56. The van der Waals surface area contributed by atoms with Crippen molar-refractivity contribution in [3.8, 4) is 5.95 Å². The molecule has 9 heteroatoms. The highest BCUT2D eigenvalue weighted by molar-refractivity contribution is 5.38. The zero-order chi connectivity index (χ0) is 12.4. The number of piperazine rings is 1. The van der Waals surface area contributed by atoms with Crippen LogP contribution < -0.4 is 16.0 Å². The maximum atomic E-state index is 5.71. The van der Waals surface area contributed by atoms with Crippen LogP contribution >= 0.6 is 0 Å². The Labute approximate surface area is 103 Å². The Bertz CT molecular complexity index is 517. The Morgan fingerprint density at radius 2 is 1.89 bits per heavy atom. The van der Waals surface area contributed by atoms with E-state index < -0.39 is 0 Å². The fraction of sp³-hybridized carbons (Fsp3) is 0.444. The van der Waals surface area contributed by atoms with Crippen molar-refractivity contribution in [1.82, 2.24) is 35.0 Å². The van der Waals surface area contributed by atoms with Crippen LogP contribution in [0.25, 0.3) is 5.95 Å². The molecule has 0 saturated carbocycles. The van der Waals surface area contributed by atoms with Crippen molar-refractivity contribution in [3.63, 3.8) is 0 Å². The standard InChI is InChI=1S/C9H13N9/c10-7-14-8(17-3-1-11-2-4-17)16-9(15-7)18-6-12-5-13-18/h5-6,11H,1-4H2,(H2,10,14,15,16). The van der Waals surface area contributed by atoms with Crippen molar-refractivity contribution in [2.45, 2.75) is 0 Å². The van der Waals surface area contributed by atoms with Crippen molar-refractivity contribution < 1.29 is 0 Å². The molecule has 9 nitrogen and oxygen atoms in total. The van der Waals surface area contributed by atoms with E-state index in [1.54, 1.807) is 0 Å². The van der Waals surface area contributed by atoms with Crippen LogP contribution in [0.3, 0.4) is 0 Å². The van der Waals surface area contributed by atoms with Crippen LogP contribution in [0, 0.1) is 0 Å². The number of hydrogen-bond acceptors (Lipinski definition) is 8. The highest BCUT2D eigenvalue weighted by Gasteiger charge is 2.15. The third kappa shape index (κ3) is 2.07.